The fourth-order valence-corrected chi connectivity index (χ4v) is 2.78. The molecule has 1 amide bonds. The van der Waals surface area contributed by atoms with Crippen LogP contribution in [-0.2, 0) is 4.79 Å². The lowest BCUT2D eigenvalue weighted by molar-refractivity contribution is -0.117. The maximum Gasteiger partial charge on any atom is 0.225 e. The summed E-state index contributed by atoms with van der Waals surface area (Å²) in [5, 5.41) is 13.0. The van der Waals surface area contributed by atoms with Gasteiger partial charge in [-0.25, -0.2) is 0 Å². The average molecular weight is 291 g/mol. The fourth-order valence-electron chi connectivity index (χ4n) is 2.78. The van der Waals surface area contributed by atoms with Gasteiger partial charge in [0.05, 0.1) is 5.60 Å². The highest BCUT2D eigenvalue weighted by molar-refractivity contribution is 5.92. The number of nitrogens with zero attached hydrogens (tertiary/aromatic N) is 1. The second kappa shape index (κ2) is 6.45. The van der Waals surface area contributed by atoms with E-state index in [1.165, 1.54) is 0 Å². The number of aliphatic hydroxyl groups is 1. The number of carbonyl (C=O) groups excluding carboxylic acids is 1. The summed E-state index contributed by atoms with van der Waals surface area (Å²) < 4.78 is 0. The van der Waals surface area contributed by atoms with Gasteiger partial charge in [0.2, 0.25) is 5.91 Å². The van der Waals surface area contributed by atoms with Crippen LogP contribution in [0.5, 0.6) is 0 Å². The SMILES string of the molecule is Cc1c(N)cccc1NC(=O)CCN1CCCC(C)(O)C1. The molecule has 116 valence electrons. The van der Waals surface area contributed by atoms with Crippen molar-refractivity contribution in [3.8, 4) is 0 Å². The number of hydrogen-bond donors (Lipinski definition) is 3. The van der Waals surface area contributed by atoms with Gasteiger partial charge in [-0.15, -0.1) is 0 Å². The maximum atomic E-state index is 12.0. The maximum absolute atomic E-state index is 12.0. The lowest BCUT2D eigenvalue weighted by atomic mass is 9.95. The van der Waals surface area contributed by atoms with Crippen molar-refractivity contribution in [3.63, 3.8) is 0 Å². The van der Waals surface area contributed by atoms with Gasteiger partial charge in [-0.05, 0) is 50.9 Å². The predicted octanol–water partition coefficient (Wildman–Crippen LogP) is 1.75. The number of benzene rings is 1. The summed E-state index contributed by atoms with van der Waals surface area (Å²) in [6.07, 6.45) is 2.23. The van der Waals surface area contributed by atoms with Gasteiger partial charge in [-0.2, -0.15) is 0 Å². The zero-order valence-corrected chi connectivity index (χ0v) is 12.9. The molecule has 5 heteroatoms. The number of likely N-dealkylation sites (tertiary alicyclic amines) is 1. The van der Waals surface area contributed by atoms with E-state index in [0.29, 0.717) is 25.2 Å². The number of rotatable bonds is 4. The first-order valence-corrected chi connectivity index (χ1v) is 7.47. The third kappa shape index (κ3) is 4.44. The zero-order chi connectivity index (χ0) is 15.5. The Morgan fingerprint density at radius 2 is 2.29 bits per heavy atom. The van der Waals surface area contributed by atoms with Crippen LogP contribution in [0.3, 0.4) is 0 Å². The lowest BCUT2D eigenvalue weighted by Gasteiger charge is -2.36. The molecule has 21 heavy (non-hydrogen) atoms. The van der Waals surface area contributed by atoms with Gasteiger partial charge in [-0.3, -0.25) is 9.69 Å². The number of hydrogen-bond acceptors (Lipinski definition) is 4. The molecule has 5 nitrogen and oxygen atoms in total. The number of nitrogens with one attached hydrogen (secondary N) is 1. The number of β-amino-alcohol motifs (C(OH)–C–C–N with tert-alkyl or cyclic N) is 1. The number of piperidine rings is 1. The Morgan fingerprint density at radius 3 is 3.00 bits per heavy atom. The van der Waals surface area contributed by atoms with Crippen molar-refractivity contribution in [1.29, 1.82) is 0 Å². The lowest BCUT2D eigenvalue weighted by Crippen LogP contribution is -2.46. The van der Waals surface area contributed by atoms with Crippen LogP contribution < -0.4 is 11.1 Å². The number of amides is 1. The van der Waals surface area contributed by atoms with Gasteiger partial charge in [0, 0.05) is 30.9 Å². The van der Waals surface area contributed by atoms with Crippen molar-refractivity contribution in [2.75, 3.05) is 30.7 Å². The summed E-state index contributed by atoms with van der Waals surface area (Å²) in [4.78, 5) is 14.2. The quantitative estimate of drug-likeness (QED) is 0.739. The van der Waals surface area contributed by atoms with E-state index in [-0.39, 0.29) is 5.91 Å². The van der Waals surface area contributed by atoms with E-state index in [9.17, 15) is 9.90 Å². The minimum atomic E-state index is -0.626. The molecule has 1 aromatic rings. The molecule has 0 bridgehead atoms. The van der Waals surface area contributed by atoms with Crippen molar-refractivity contribution in [1.82, 2.24) is 4.90 Å². The van der Waals surface area contributed by atoms with E-state index >= 15 is 0 Å². The Kier molecular flexibility index (Phi) is 4.85. The first kappa shape index (κ1) is 15.8. The molecule has 1 aliphatic rings. The van der Waals surface area contributed by atoms with Crippen LogP contribution in [-0.4, -0.2) is 41.1 Å². The van der Waals surface area contributed by atoms with Crippen molar-refractivity contribution in [2.45, 2.75) is 38.7 Å². The number of carbonyl (C=O) groups is 1. The molecule has 1 heterocycles. The van der Waals surface area contributed by atoms with Crippen LogP contribution in [0.25, 0.3) is 0 Å². The molecule has 1 aliphatic heterocycles. The van der Waals surface area contributed by atoms with Crippen LogP contribution in [0, 0.1) is 6.92 Å². The Morgan fingerprint density at radius 1 is 1.52 bits per heavy atom. The molecule has 0 radical (unpaired) electrons. The van der Waals surface area contributed by atoms with Gasteiger partial charge in [0.15, 0.2) is 0 Å². The van der Waals surface area contributed by atoms with Gasteiger partial charge < -0.3 is 16.2 Å². The van der Waals surface area contributed by atoms with Crippen LogP contribution in [0.4, 0.5) is 11.4 Å². The summed E-state index contributed by atoms with van der Waals surface area (Å²) in [5.41, 5.74) is 7.55. The molecule has 2 rings (SSSR count). The first-order chi connectivity index (χ1) is 9.87. The molecule has 1 fully saturated rings. The van der Waals surface area contributed by atoms with E-state index in [1.807, 2.05) is 32.0 Å². The molecule has 1 unspecified atom stereocenters. The smallest absolute Gasteiger partial charge is 0.225 e. The topological polar surface area (TPSA) is 78.6 Å². The molecular formula is C16H25N3O2. The highest BCUT2D eigenvalue weighted by Crippen LogP contribution is 2.22. The first-order valence-electron chi connectivity index (χ1n) is 7.47. The summed E-state index contributed by atoms with van der Waals surface area (Å²) >= 11 is 0. The summed E-state index contributed by atoms with van der Waals surface area (Å²) in [6.45, 7) is 6.00. The molecule has 1 saturated heterocycles. The van der Waals surface area contributed by atoms with Crippen LogP contribution in [0.15, 0.2) is 18.2 Å². The molecule has 0 aliphatic carbocycles. The average Bonchev–Trinajstić information content (AvgIpc) is 2.41. The molecule has 4 N–H and O–H groups in total. The molecule has 0 saturated carbocycles. The van der Waals surface area contributed by atoms with Crippen molar-refractivity contribution in [2.24, 2.45) is 0 Å². The molecule has 1 atom stereocenters. The number of nitrogen functional groups attached to an aromatic ring is 1. The minimum absolute atomic E-state index is 0.0195. The monoisotopic (exact) mass is 291 g/mol. The van der Waals surface area contributed by atoms with Gasteiger partial charge in [0.25, 0.3) is 0 Å². The molecule has 0 spiro atoms. The normalized spacial score (nSPS) is 23.0. The Balaban J connectivity index is 1.84. The Labute approximate surface area is 126 Å². The second-order valence-corrected chi connectivity index (χ2v) is 6.19. The fraction of sp³-hybridized carbons (Fsp3) is 0.562. The van der Waals surface area contributed by atoms with E-state index in [4.69, 9.17) is 5.73 Å². The van der Waals surface area contributed by atoms with Crippen molar-refractivity contribution < 1.29 is 9.90 Å². The third-order valence-electron chi connectivity index (χ3n) is 4.06. The van der Waals surface area contributed by atoms with Crippen molar-refractivity contribution >= 4 is 17.3 Å². The second-order valence-electron chi connectivity index (χ2n) is 6.19. The van der Waals surface area contributed by atoms with Gasteiger partial charge in [0.1, 0.15) is 0 Å². The molecular weight excluding hydrogens is 266 g/mol. The Bertz CT molecular complexity index is 514. The van der Waals surface area contributed by atoms with Crippen LogP contribution >= 0.6 is 0 Å². The van der Waals surface area contributed by atoms with E-state index in [2.05, 4.69) is 10.2 Å². The van der Waals surface area contributed by atoms with Crippen LogP contribution in [0.1, 0.15) is 31.7 Å². The van der Waals surface area contributed by atoms with Crippen LogP contribution in [0.2, 0.25) is 0 Å². The minimum Gasteiger partial charge on any atom is -0.398 e. The van der Waals surface area contributed by atoms with Gasteiger partial charge in [-0.1, -0.05) is 6.07 Å². The highest BCUT2D eigenvalue weighted by atomic mass is 16.3. The standard InChI is InChI=1S/C16H25N3O2/c1-12-13(17)5-3-6-14(12)18-15(20)7-10-19-9-4-8-16(2,21)11-19/h3,5-6,21H,4,7-11,17H2,1-2H3,(H,18,20). The zero-order valence-electron chi connectivity index (χ0n) is 12.9. The largest absolute Gasteiger partial charge is 0.398 e. The van der Waals surface area contributed by atoms with Gasteiger partial charge >= 0.3 is 0 Å². The van der Waals surface area contributed by atoms with E-state index < -0.39 is 5.60 Å². The summed E-state index contributed by atoms with van der Waals surface area (Å²) in [6, 6.07) is 5.51. The number of anilines is 2. The predicted molar refractivity (Wildman–Crippen MR) is 85.1 cm³/mol. The summed E-state index contributed by atoms with van der Waals surface area (Å²) in [7, 11) is 0. The Hall–Kier alpha value is -1.59. The highest BCUT2D eigenvalue weighted by Gasteiger charge is 2.28. The van der Waals surface area contributed by atoms with Crippen molar-refractivity contribution in [3.05, 3.63) is 23.8 Å². The third-order valence-corrected chi connectivity index (χ3v) is 4.06. The molecule has 0 aromatic heterocycles. The van der Waals surface area contributed by atoms with E-state index in [0.717, 1.165) is 30.6 Å². The molecule has 1 aromatic carbocycles. The van der Waals surface area contributed by atoms with E-state index in [1.54, 1.807) is 0 Å². The number of nitrogens with two attached hydrogens (primary N) is 1. The summed E-state index contributed by atoms with van der Waals surface area (Å²) in [5.74, 6) is -0.0195.